The minimum absolute atomic E-state index is 0.195. The topological polar surface area (TPSA) is 57.5 Å². The van der Waals surface area contributed by atoms with Crippen molar-refractivity contribution in [3.8, 4) is 5.75 Å². The van der Waals surface area contributed by atoms with Crippen LogP contribution in [0, 0.1) is 6.92 Å². The van der Waals surface area contributed by atoms with E-state index in [9.17, 15) is 4.79 Å². The predicted octanol–water partition coefficient (Wildman–Crippen LogP) is 2.11. The van der Waals surface area contributed by atoms with Crippen LogP contribution in [0.4, 0.5) is 0 Å². The van der Waals surface area contributed by atoms with E-state index >= 15 is 0 Å². The average molecular weight is 194 g/mol. The van der Waals surface area contributed by atoms with E-state index in [1.807, 2.05) is 13.0 Å². The van der Waals surface area contributed by atoms with E-state index in [1.54, 1.807) is 12.1 Å². The minimum atomic E-state index is -0.763. The summed E-state index contributed by atoms with van der Waals surface area (Å²) in [6.07, 6.45) is 1.58. The Hall–Kier alpha value is -1.51. The Balaban J connectivity index is 2.55. The summed E-state index contributed by atoms with van der Waals surface area (Å²) in [6.45, 7) is 1.91. The lowest BCUT2D eigenvalue weighted by Gasteiger charge is -2.04. The first-order valence-corrected chi connectivity index (χ1v) is 4.60. The third kappa shape index (κ3) is 3.09. The Morgan fingerprint density at radius 2 is 2.14 bits per heavy atom. The zero-order chi connectivity index (χ0) is 10.6. The normalized spacial score (nSPS) is 10.1. The number of hydrogen-bond donors (Lipinski definition) is 2. The molecule has 1 aromatic rings. The second-order valence-corrected chi connectivity index (χ2v) is 3.36. The second kappa shape index (κ2) is 4.65. The van der Waals surface area contributed by atoms with Gasteiger partial charge in [-0.3, -0.25) is 4.79 Å². The number of phenols is 1. The van der Waals surface area contributed by atoms with Crippen LogP contribution in [0.3, 0.4) is 0 Å². The molecule has 0 saturated carbocycles. The number of aryl methyl sites for hydroxylation is 2. The summed E-state index contributed by atoms with van der Waals surface area (Å²) < 4.78 is 0. The van der Waals surface area contributed by atoms with Crippen molar-refractivity contribution < 1.29 is 15.0 Å². The fourth-order valence-corrected chi connectivity index (χ4v) is 1.39. The quantitative estimate of drug-likeness (QED) is 0.771. The van der Waals surface area contributed by atoms with Gasteiger partial charge in [0.05, 0.1) is 0 Å². The number of carboxylic acid groups (broad SMARTS) is 1. The molecule has 0 spiro atoms. The van der Waals surface area contributed by atoms with Crippen LogP contribution < -0.4 is 0 Å². The van der Waals surface area contributed by atoms with Crippen LogP contribution in [-0.4, -0.2) is 16.2 Å². The van der Waals surface area contributed by atoms with Crippen LogP contribution in [0.2, 0.25) is 0 Å². The van der Waals surface area contributed by atoms with Crippen molar-refractivity contribution in [2.45, 2.75) is 26.2 Å². The lowest BCUT2D eigenvalue weighted by Crippen LogP contribution is -1.96. The second-order valence-electron chi connectivity index (χ2n) is 3.36. The summed E-state index contributed by atoms with van der Waals surface area (Å²) in [5.74, 6) is -0.508. The molecule has 0 aliphatic carbocycles. The van der Waals surface area contributed by atoms with Crippen LogP contribution in [0.25, 0.3) is 0 Å². The van der Waals surface area contributed by atoms with Gasteiger partial charge in [0.1, 0.15) is 5.75 Å². The number of aromatic hydroxyl groups is 1. The molecule has 1 rings (SSSR count). The van der Waals surface area contributed by atoms with Crippen molar-refractivity contribution in [1.29, 1.82) is 0 Å². The van der Waals surface area contributed by atoms with Gasteiger partial charge < -0.3 is 10.2 Å². The Morgan fingerprint density at radius 3 is 2.71 bits per heavy atom. The summed E-state index contributed by atoms with van der Waals surface area (Å²) in [5, 5.41) is 17.6. The van der Waals surface area contributed by atoms with Crippen molar-refractivity contribution in [2.75, 3.05) is 0 Å². The maximum atomic E-state index is 10.3. The lowest BCUT2D eigenvalue weighted by atomic mass is 10.0. The molecule has 0 bridgehead atoms. The first-order chi connectivity index (χ1) is 6.59. The molecule has 1 aromatic carbocycles. The molecule has 0 unspecified atom stereocenters. The Morgan fingerprint density at radius 1 is 1.43 bits per heavy atom. The van der Waals surface area contributed by atoms with Crippen LogP contribution >= 0.6 is 0 Å². The van der Waals surface area contributed by atoms with Gasteiger partial charge >= 0.3 is 5.97 Å². The van der Waals surface area contributed by atoms with E-state index in [2.05, 4.69) is 0 Å². The van der Waals surface area contributed by atoms with Gasteiger partial charge in [-0.25, -0.2) is 0 Å². The van der Waals surface area contributed by atoms with Crippen molar-refractivity contribution in [2.24, 2.45) is 0 Å². The first kappa shape index (κ1) is 10.6. The van der Waals surface area contributed by atoms with Crippen LogP contribution in [0.1, 0.15) is 24.0 Å². The highest BCUT2D eigenvalue weighted by Crippen LogP contribution is 2.17. The molecule has 0 fully saturated rings. The van der Waals surface area contributed by atoms with Gasteiger partial charge in [0.25, 0.3) is 0 Å². The molecule has 14 heavy (non-hydrogen) atoms. The summed E-state index contributed by atoms with van der Waals surface area (Å²) in [5.41, 5.74) is 2.11. The molecular weight excluding hydrogens is 180 g/mol. The number of phenolic OH excluding ortho intramolecular Hbond substituents is 1. The highest BCUT2D eigenvalue weighted by Gasteiger charge is 2.01. The maximum Gasteiger partial charge on any atom is 0.303 e. The van der Waals surface area contributed by atoms with E-state index in [1.165, 1.54) is 0 Å². The molecule has 3 nitrogen and oxygen atoms in total. The lowest BCUT2D eigenvalue weighted by molar-refractivity contribution is -0.137. The fraction of sp³-hybridized carbons (Fsp3) is 0.364. The number of aliphatic carboxylic acids is 1. The molecular formula is C11H14O3. The highest BCUT2D eigenvalue weighted by molar-refractivity contribution is 5.66. The molecule has 0 aliphatic rings. The zero-order valence-electron chi connectivity index (χ0n) is 8.16. The van der Waals surface area contributed by atoms with Crippen LogP contribution in [0.15, 0.2) is 18.2 Å². The molecule has 0 amide bonds. The maximum absolute atomic E-state index is 10.3. The Bertz CT molecular complexity index is 331. The smallest absolute Gasteiger partial charge is 0.303 e. The molecule has 2 N–H and O–H groups in total. The van der Waals surface area contributed by atoms with Gasteiger partial charge in [0, 0.05) is 6.42 Å². The molecule has 0 heterocycles. The number of carboxylic acids is 1. The van der Waals surface area contributed by atoms with Crippen molar-refractivity contribution >= 4 is 5.97 Å². The fourth-order valence-electron chi connectivity index (χ4n) is 1.39. The average Bonchev–Trinajstić information content (AvgIpc) is 2.08. The highest BCUT2D eigenvalue weighted by atomic mass is 16.4. The number of hydrogen-bond acceptors (Lipinski definition) is 2. The minimum Gasteiger partial charge on any atom is -0.508 e. The molecule has 0 atom stereocenters. The zero-order valence-corrected chi connectivity index (χ0v) is 8.16. The van der Waals surface area contributed by atoms with E-state index in [0.717, 1.165) is 17.5 Å². The summed E-state index contributed by atoms with van der Waals surface area (Å²) >= 11 is 0. The molecule has 0 radical (unpaired) electrons. The Labute approximate surface area is 83.0 Å². The summed E-state index contributed by atoms with van der Waals surface area (Å²) in [6, 6.07) is 5.16. The van der Waals surface area contributed by atoms with Gasteiger partial charge in [-0.1, -0.05) is 6.07 Å². The summed E-state index contributed by atoms with van der Waals surface area (Å²) in [4.78, 5) is 10.3. The van der Waals surface area contributed by atoms with Gasteiger partial charge in [-0.05, 0) is 43.0 Å². The third-order valence-electron chi connectivity index (χ3n) is 2.16. The van der Waals surface area contributed by atoms with E-state index in [4.69, 9.17) is 10.2 Å². The number of carbonyl (C=O) groups is 1. The van der Waals surface area contributed by atoms with Gasteiger partial charge in [-0.15, -0.1) is 0 Å². The molecule has 76 valence electrons. The molecule has 3 heteroatoms. The monoisotopic (exact) mass is 194 g/mol. The first-order valence-electron chi connectivity index (χ1n) is 4.60. The summed E-state index contributed by atoms with van der Waals surface area (Å²) in [7, 11) is 0. The SMILES string of the molecule is Cc1cc(O)ccc1CCCC(=O)O. The van der Waals surface area contributed by atoms with E-state index in [-0.39, 0.29) is 12.2 Å². The van der Waals surface area contributed by atoms with E-state index < -0.39 is 5.97 Å². The predicted molar refractivity (Wildman–Crippen MR) is 53.4 cm³/mol. The third-order valence-corrected chi connectivity index (χ3v) is 2.16. The van der Waals surface area contributed by atoms with Crippen molar-refractivity contribution in [3.63, 3.8) is 0 Å². The van der Waals surface area contributed by atoms with Crippen LogP contribution in [-0.2, 0) is 11.2 Å². The molecule has 0 saturated heterocycles. The largest absolute Gasteiger partial charge is 0.508 e. The molecule has 0 aromatic heterocycles. The number of rotatable bonds is 4. The Kier molecular flexibility index (Phi) is 3.51. The van der Waals surface area contributed by atoms with Crippen molar-refractivity contribution in [1.82, 2.24) is 0 Å². The van der Waals surface area contributed by atoms with Crippen LogP contribution in [0.5, 0.6) is 5.75 Å². The number of benzene rings is 1. The van der Waals surface area contributed by atoms with Gasteiger partial charge in [-0.2, -0.15) is 0 Å². The van der Waals surface area contributed by atoms with Crippen molar-refractivity contribution in [3.05, 3.63) is 29.3 Å². The molecule has 0 aliphatic heterocycles. The standard InChI is InChI=1S/C11H14O3/c1-8-7-10(12)6-5-9(8)3-2-4-11(13)14/h5-7,12H,2-4H2,1H3,(H,13,14). The van der Waals surface area contributed by atoms with E-state index in [0.29, 0.717) is 6.42 Å². The van der Waals surface area contributed by atoms with Gasteiger partial charge in [0.15, 0.2) is 0 Å². The van der Waals surface area contributed by atoms with Gasteiger partial charge in [0.2, 0.25) is 0 Å².